The van der Waals surface area contributed by atoms with Crippen LogP contribution in [0.1, 0.15) is 25.0 Å². The van der Waals surface area contributed by atoms with Crippen LogP contribution in [-0.4, -0.2) is 46.6 Å². The minimum absolute atomic E-state index is 0.107. The van der Waals surface area contributed by atoms with Gasteiger partial charge in [0.2, 0.25) is 0 Å². The molecule has 0 spiro atoms. The highest BCUT2D eigenvalue weighted by atomic mass is 16.5. The molecule has 0 aromatic heterocycles. The Morgan fingerprint density at radius 1 is 1.05 bits per heavy atom. The smallest absolute Gasteiger partial charge is 0.0949 e. The van der Waals surface area contributed by atoms with Gasteiger partial charge in [-0.15, -0.1) is 0 Å². The summed E-state index contributed by atoms with van der Waals surface area (Å²) in [6, 6.07) is 10.3. The molecule has 0 aliphatic carbocycles. The number of rotatable bonds is 12. The second-order valence-corrected chi connectivity index (χ2v) is 4.54. The van der Waals surface area contributed by atoms with Gasteiger partial charge in [-0.3, -0.25) is 0 Å². The van der Waals surface area contributed by atoms with E-state index < -0.39 is 0 Å². The van der Waals surface area contributed by atoms with E-state index in [0.717, 1.165) is 19.5 Å². The number of methoxy groups -OCH3 is 1. The number of hydrogen-bond acceptors (Lipinski definition) is 4. The summed E-state index contributed by atoms with van der Waals surface area (Å²) in [5.74, 6) is 0. The zero-order chi connectivity index (χ0) is 14.5. The lowest BCUT2D eigenvalue weighted by Gasteiger charge is -2.18. The molecule has 114 valence electrons. The van der Waals surface area contributed by atoms with Crippen LogP contribution >= 0.6 is 0 Å². The van der Waals surface area contributed by atoms with E-state index in [0.29, 0.717) is 26.4 Å². The molecule has 1 aromatic carbocycles. The van der Waals surface area contributed by atoms with E-state index >= 15 is 0 Å². The van der Waals surface area contributed by atoms with Crippen LogP contribution in [0.25, 0.3) is 0 Å². The topological polar surface area (TPSA) is 39.7 Å². The molecule has 0 radical (unpaired) electrons. The third-order valence-electron chi connectivity index (χ3n) is 2.93. The normalized spacial score (nSPS) is 12.5. The van der Waals surface area contributed by atoms with Crippen molar-refractivity contribution < 1.29 is 14.2 Å². The van der Waals surface area contributed by atoms with Crippen LogP contribution in [0.2, 0.25) is 0 Å². The monoisotopic (exact) mass is 281 g/mol. The molecule has 4 nitrogen and oxygen atoms in total. The molecule has 1 aromatic rings. The summed E-state index contributed by atoms with van der Waals surface area (Å²) in [7, 11) is 1.68. The van der Waals surface area contributed by atoms with Gasteiger partial charge in [0.15, 0.2) is 0 Å². The van der Waals surface area contributed by atoms with Crippen molar-refractivity contribution in [1.82, 2.24) is 5.32 Å². The molecule has 20 heavy (non-hydrogen) atoms. The Balaban J connectivity index is 2.24. The van der Waals surface area contributed by atoms with Gasteiger partial charge in [0.1, 0.15) is 0 Å². The summed E-state index contributed by atoms with van der Waals surface area (Å²) in [4.78, 5) is 0. The molecule has 1 atom stereocenters. The van der Waals surface area contributed by atoms with Crippen LogP contribution in [0.15, 0.2) is 30.3 Å². The summed E-state index contributed by atoms with van der Waals surface area (Å²) in [5, 5.41) is 3.34. The molecule has 0 fully saturated rings. The number of benzene rings is 1. The van der Waals surface area contributed by atoms with Crippen LogP contribution < -0.4 is 5.32 Å². The third-order valence-corrected chi connectivity index (χ3v) is 2.93. The number of ether oxygens (including phenoxy) is 3. The van der Waals surface area contributed by atoms with E-state index in [4.69, 9.17) is 14.2 Å². The first-order valence-electron chi connectivity index (χ1n) is 7.32. The van der Waals surface area contributed by atoms with Gasteiger partial charge in [-0.05, 0) is 18.5 Å². The number of likely N-dealkylation sites (N-methyl/N-ethyl adjacent to an activating group) is 1. The van der Waals surface area contributed by atoms with Crippen molar-refractivity contribution >= 4 is 0 Å². The summed E-state index contributed by atoms with van der Waals surface area (Å²) in [6.07, 6.45) is 1.01. The van der Waals surface area contributed by atoms with Gasteiger partial charge in [0.05, 0.1) is 19.3 Å². The summed E-state index contributed by atoms with van der Waals surface area (Å²) in [5.41, 5.74) is 1.22. The van der Waals surface area contributed by atoms with E-state index in [-0.39, 0.29) is 6.10 Å². The van der Waals surface area contributed by atoms with Crippen molar-refractivity contribution in [1.29, 1.82) is 0 Å². The molecule has 4 heteroatoms. The largest absolute Gasteiger partial charge is 0.382 e. The quantitative estimate of drug-likeness (QED) is 0.597. The molecular weight excluding hydrogens is 254 g/mol. The first-order valence-corrected chi connectivity index (χ1v) is 7.32. The lowest BCUT2D eigenvalue weighted by Crippen LogP contribution is -2.23. The van der Waals surface area contributed by atoms with Crippen molar-refractivity contribution in [2.45, 2.75) is 19.4 Å². The van der Waals surface area contributed by atoms with Crippen LogP contribution in [0.5, 0.6) is 0 Å². The second-order valence-electron chi connectivity index (χ2n) is 4.54. The molecule has 1 rings (SSSR count). The van der Waals surface area contributed by atoms with Gasteiger partial charge >= 0.3 is 0 Å². The zero-order valence-corrected chi connectivity index (χ0v) is 12.6. The highest BCUT2D eigenvalue weighted by Crippen LogP contribution is 2.16. The summed E-state index contributed by atoms with van der Waals surface area (Å²) < 4.78 is 16.3. The first-order chi connectivity index (χ1) is 9.88. The van der Waals surface area contributed by atoms with E-state index in [1.54, 1.807) is 7.11 Å². The van der Waals surface area contributed by atoms with Gasteiger partial charge in [-0.1, -0.05) is 37.3 Å². The van der Waals surface area contributed by atoms with E-state index in [1.807, 2.05) is 18.2 Å². The molecule has 0 heterocycles. The highest BCUT2D eigenvalue weighted by molar-refractivity contribution is 5.17. The molecule has 1 unspecified atom stereocenters. The van der Waals surface area contributed by atoms with Gasteiger partial charge in [-0.25, -0.2) is 0 Å². The lowest BCUT2D eigenvalue weighted by atomic mass is 10.1. The average molecular weight is 281 g/mol. The average Bonchev–Trinajstić information content (AvgIpc) is 2.50. The molecule has 0 aliphatic rings. The van der Waals surface area contributed by atoms with E-state index in [9.17, 15) is 0 Å². The maximum absolute atomic E-state index is 5.96. The lowest BCUT2D eigenvalue weighted by molar-refractivity contribution is 0.0232. The van der Waals surface area contributed by atoms with E-state index in [1.165, 1.54) is 5.56 Å². The maximum atomic E-state index is 5.96. The predicted molar refractivity (Wildman–Crippen MR) is 81.0 cm³/mol. The Morgan fingerprint density at radius 3 is 2.55 bits per heavy atom. The van der Waals surface area contributed by atoms with Crippen molar-refractivity contribution in [3.8, 4) is 0 Å². The van der Waals surface area contributed by atoms with Crippen LogP contribution in [-0.2, 0) is 14.2 Å². The van der Waals surface area contributed by atoms with Crippen molar-refractivity contribution in [3.63, 3.8) is 0 Å². The Bertz CT molecular complexity index is 319. The van der Waals surface area contributed by atoms with Crippen molar-refractivity contribution in [2.24, 2.45) is 0 Å². The van der Waals surface area contributed by atoms with Gasteiger partial charge in [-0.2, -0.15) is 0 Å². The molecule has 0 aliphatic heterocycles. The minimum Gasteiger partial charge on any atom is -0.382 e. The molecule has 1 N–H and O–H groups in total. The van der Waals surface area contributed by atoms with Crippen LogP contribution in [0.3, 0.4) is 0 Å². The number of nitrogens with one attached hydrogen (secondary N) is 1. The Hall–Kier alpha value is -0.940. The van der Waals surface area contributed by atoms with Crippen molar-refractivity contribution in [3.05, 3.63) is 35.9 Å². The minimum atomic E-state index is 0.107. The molecular formula is C16H27NO3. The molecule has 0 amide bonds. The van der Waals surface area contributed by atoms with Crippen LogP contribution in [0.4, 0.5) is 0 Å². The fraction of sp³-hybridized carbons (Fsp3) is 0.625. The standard InChI is InChI=1S/C16H27NO3/c1-3-17-14-16(15-8-5-4-6-9-15)20-11-7-10-19-13-12-18-2/h4-6,8-9,16-17H,3,7,10-14H2,1-2H3. The van der Waals surface area contributed by atoms with Gasteiger partial charge in [0, 0.05) is 26.9 Å². The SMILES string of the molecule is CCNCC(OCCCOCCOC)c1ccccc1. The van der Waals surface area contributed by atoms with Gasteiger partial charge in [0.25, 0.3) is 0 Å². The predicted octanol–water partition coefficient (Wildman–Crippen LogP) is 2.41. The highest BCUT2D eigenvalue weighted by Gasteiger charge is 2.10. The molecule has 0 bridgehead atoms. The van der Waals surface area contributed by atoms with Crippen LogP contribution in [0, 0.1) is 0 Å². The zero-order valence-electron chi connectivity index (χ0n) is 12.6. The second kappa shape index (κ2) is 11.9. The molecule has 0 saturated carbocycles. The first kappa shape index (κ1) is 17.1. The maximum Gasteiger partial charge on any atom is 0.0949 e. The fourth-order valence-corrected chi connectivity index (χ4v) is 1.85. The third kappa shape index (κ3) is 7.60. The fourth-order valence-electron chi connectivity index (χ4n) is 1.85. The Morgan fingerprint density at radius 2 is 1.85 bits per heavy atom. The molecule has 0 saturated heterocycles. The van der Waals surface area contributed by atoms with E-state index in [2.05, 4.69) is 24.4 Å². The summed E-state index contributed by atoms with van der Waals surface area (Å²) in [6.45, 7) is 6.61. The van der Waals surface area contributed by atoms with Crippen molar-refractivity contribution in [2.75, 3.05) is 46.6 Å². The Kier molecular flexibility index (Phi) is 10.1. The Labute approximate surface area is 122 Å². The number of hydrogen-bond donors (Lipinski definition) is 1. The summed E-state index contributed by atoms with van der Waals surface area (Å²) >= 11 is 0. The van der Waals surface area contributed by atoms with Gasteiger partial charge < -0.3 is 19.5 Å².